The van der Waals surface area contributed by atoms with Gasteiger partial charge in [0.15, 0.2) is 0 Å². The SMILES string of the molecule is CCC(C)(C)N1C=Cc2ccc(N)cc2C1. The summed E-state index contributed by atoms with van der Waals surface area (Å²) in [5.41, 5.74) is 9.50. The van der Waals surface area contributed by atoms with Crippen molar-refractivity contribution in [3.8, 4) is 0 Å². The molecule has 0 saturated carbocycles. The zero-order chi connectivity index (χ0) is 11.8. The molecule has 0 bridgehead atoms. The van der Waals surface area contributed by atoms with Crippen molar-refractivity contribution in [3.63, 3.8) is 0 Å². The Kier molecular flexibility index (Phi) is 2.66. The molecule has 0 spiro atoms. The molecule has 0 unspecified atom stereocenters. The van der Waals surface area contributed by atoms with Crippen LogP contribution in [0, 0.1) is 0 Å². The summed E-state index contributed by atoms with van der Waals surface area (Å²) in [5, 5.41) is 0. The molecule has 0 saturated heterocycles. The maximum absolute atomic E-state index is 5.83. The molecule has 16 heavy (non-hydrogen) atoms. The summed E-state index contributed by atoms with van der Waals surface area (Å²) in [5.74, 6) is 0. The third kappa shape index (κ3) is 1.92. The first-order chi connectivity index (χ1) is 7.53. The predicted octanol–water partition coefficient (Wildman–Crippen LogP) is 3.24. The summed E-state index contributed by atoms with van der Waals surface area (Å²) in [6.45, 7) is 7.73. The van der Waals surface area contributed by atoms with Gasteiger partial charge in [-0.05, 0) is 49.6 Å². The number of hydrogen-bond acceptors (Lipinski definition) is 2. The summed E-state index contributed by atoms with van der Waals surface area (Å²) < 4.78 is 0. The summed E-state index contributed by atoms with van der Waals surface area (Å²) in [7, 11) is 0. The van der Waals surface area contributed by atoms with Crippen LogP contribution in [0.2, 0.25) is 0 Å². The Hall–Kier alpha value is -1.44. The van der Waals surface area contributed by atoms with Gasteiger partial charge >= 0.3 is 0 Å². The minimum atomic E-state index is 0.207. The third-order valence-electron chi connectivity index (χ3n) is 3.58. The molecule has 1 heterocycles. The fraction of sp³-hybridized carbons (Fsp3) is 0.429. The van der Waals surface area contributed by atoms with Gasteiger partial charge in [0, 0.05) is 24.0 Å². The van der Waals surface area contributed by atoms with Crippen LogP contribution in [0.4, 0.5) is 5.69 Å². The molecule has 1 aromatic rings. The van der Waals surface area contributed by atoms with Crippen molar-refractivity contribution in [2.45, 2.75) is 39.3 Å². The molecule has 0 aliphatic carbocycles. The number of nitrogens with zero attached hydrogens (tertiary/aromatic N) is 1. The largest absolute Gasteiger partial charge is 0.399 e. The monoisotopic (exact) mass is 216 g/mol. The molecule has 86 valence electrons. The molecule has 0 radical (unpaired) electrons. The van der Waals surface area contributed by atoms with Crippen molar-refractivity contribution >= 4 is 11.8 Å². The minimum Gasteiger partial charge on any atom is -0.399 e. The van der Waals surface area contributed by atoms with Crippen LogP contribution in [-0.4, -0.2) is 10.4 Å². The first-order valence-electron chi connectivity index (χ1n) is 5.86. The first kappa shape index (κ1) is 11.1. The second kappa shape index (κ2) is 3.85. The van der Waals surface area contributed by atoms with Crippen LogP contribution in [0.5, 0.6) is 0 Å². The Morgan fingerprint density at radius 2 is 2.12 bits per heavy atom. The van der Waals surface area contributed by atoms with E-state index in [0.29, 0.717) is 0 Å². The average Bonchev–Trinajstić information content (AvgIpc) is 2.28. The van der Waals surface area contributed by atoms with Crippen LogP contribution in [0.1, 0.15) is 38.3 Å². The lowest BCUT2D eigenvalue weighted by molar-refractivity contribution is 0.170. The van der Waals surface area contributed by atoms with Gasteiger partial charge in [-0.3, -0.25) is 0 Å². The lowest BCUT2D eigenvalue weighted by Crippen LogP contribution is -2.40. The van der Waals surface area contributed by atoms with Gasteiger partial charge in [-0.25, -0.2) is 0 Å². The number of nitrogens with two attached hydrogens (primary N) is 1. The maximum atomic E-state index is 5.83. The van der Waals surface area contributed by atoms with Crippen LogP contribution in [0.15, 0.2) is 24.4 Å². The summed E-state index contributed by atoms with van der Waals surface area (Å²) in [6, 6.07) is 6.14. The predicted molar refractivity (Wildman–Crippen MR) is 69.8 cm³/mol. The molecule has 2 N–H and O–H groups in total. The Morgan fingerprint density at radius 1 is 1.38 bits per heavy atom. The number of rotatable bonds is 2. The molecule has 1 aliphatic heterocycles. The lowest BCUT2D eigenvalue weighted by atomic mass is 9.95. The molecule has 2 rings (SSSR count). The lowest BCUT2D eigenvalue weighted by Gasteiger charge is -2.39. The van der Waals surface area contributed by atoms with Gasteiger partial charge in [0.2, 0.25) is 0 Å². The van der Waals surface area contributed by atoms with E-state index in [9.17, 15) is 0 Å². The fourth-order valence-electron chi connectivity index (χ4n) is 1.95. The Labute approximate surface area is 97.8 Å². The van der Waals surface area contributed by atoms with E-state index in [1.807, 2.05) is 6.07 Å². The van der Waals surface area contributed by atoms with Crippen LogP contribution in [0.25, 0.3) is 6.08 Å². The molecule has 1 aromatic carbocycles. The molecular formula is C14H20N2. The van der Waals surface area contributed by atoms with Crippen LogP contribution in [-0.2, 0) is 6.54 Å². The number of nitrogen functional groups attached to an aromatic ring is 1. The molecule has 0 atom stereocenters. The van der Waals surface area contributed by atoms with Gasteiger partial charge in [0.1, 0.15) is 0 Å². The van der Waals surface area contributed by atoms with Crippen molar-refractivity contribution in [1.82, 2.24) is 4.90 Å². The number of benzene rings is 1. The quantitative estimate of drug-likeness (QED) is 0.769. The number of anilines is 1. The smallest absolute Gasteiger partial charge is 0.0436 e. The molecule has 0 aromatic heterocycles. The van der Waals surface area contributed by atoms with Crippen LogP contribution in [0.3, 0.4) is 0 Å². The van der Waals surface area contributed by atoms with Crippen molar-refractivity contribution in [2.75, 3.05) is 5.73 Å². The second-order valence-corrected chi connectivity index (χ2v) is 5.07. The molecule has 2 nitrogen and oxygen atoms in total. The fourth-order valence-corrected chi connectivity index (χ4v) is 1.95. The Bertz CT molecular complexity index is 419. The molecule has 0 amide bonds. The standard InChI is InChI=1S/C14H20N2/c1-4-14(2,3)16-8-7-11-5-6-13(15)9-12(11)10-16/h5-9H,4,10,15H2,1-3H3. The Morgan fingerprint density at radius 3 is 2.81 bits per heavy atom. The van der Waals surface area contributed by atoms with E-state index in [1.54, 1.807) is 0 Å². The van der Waals surface area contributed by atoms with Crippen LogP contribution >= 0.6 is 0 Å². The Balaban J connectivity index is 2.30. The van der Waals surface area contributed by atoms with Crippen molar-refractivity contribution in [2.24, 2.45) is 0 Å². The van der Waals surface area contributed by atoms with Crippen molar-refractivity contribution in [1.29, 1.82) is 0 Å². The topological polar surface area (TPSA) is 29.3 Å². The highest BCUT2D eigenvalue weighted by molar-refractivity contribution is 5.60. The highest BCUT2D eigenvalue weighted by Crippen LogP contribution is 2.28. The van der Waals surface area contributed by atoms with Crippen molar-refractivity contribution < 1.29 is 0 Å². The second-order valence-electron chi connectivity index (χ2n) is 5.07. The van der Waals surface area contributed by atoms with E-state index in [2.05, 4.69) is 50.1 Å². The van der Waals surface area contributed by atoms with Crippen molar-refractivity contribution in [3.05, 3.63) is 35.5 Å². The van der Waals surface area contributed by atoms with Gasteiger partial charge in [0.25, 0.3) is 0 Å². The maximum Gasteiger partial charge on any atom is 0.0436 e. The zero-order valence-corrected chi connectivity index (χ0v) is 10.3. The van der Waals surface area contributed by atoms with E-state index in [0.717, 1.165) is 18.7 Å². The van der Waals surface area contributed by atoms with Gasteiger partial charge in [-0.2, -0.15) is 0 Å². The van der Waals surface area contributed by atoms with E-state index >= 15 is 0 Å². The highest BCUT2D eigenvalue weighted by atomic mass is 15.2. The summed E-state index contributed by atoms with van der Waals surface area (Å²) in [6.07, 6.45) is 5.51. The van der Waals surface area contributed by atoms with Gasteiger partial charge < -0.3 is 10.6 Å². The average molecular weight is 216 g/mol. The third-order valence-corrected chi connectivity index (χ3v) is 3.58. The van der Waals surface area contributed by atoms with Crippen LogP contribution < -0.4 is 5.73 Å². The zero-order valence-electron chi connectivity index (χ0n) is 10.3. The molecular weight excluding hydrogens is 196 g/mol. The van der Waals surface area contributed by atoms with E-state index in [1.165, 1.54) is 11.1 Å². The minimum absolute atomic E-state index is 0.207. The van der Waals surface area contributed by atoms with Gasteiger partial charge in [-0.1, -0.05) is 13.0 Å². The van der Waals surface area contributed by atoms with Gasteiger partial charge in [-0.15, -0.1) is 0 Å². The normalized spacial score (nSPS) is 15.1. The van der Waals surface area contributed by atoms with E-state index < -0.39 is 0 Å². The highest BCUT2D eigenvalue weighted by Gasteiger charge is 2.24. The van der Waals surface area contributed by atoms with E-state index in [4.69, 9.17) is 5.73 Å². The molecule has 1 aliphatic rings. The summed E-state index contributed by atoms with van der Waals surface area (Å²) >= 11 is 0. The molecule has 0 fully saturated rings. The first-order valence-corrected chi connectivity index (χ1v) is 5.86. The molecule has 2 heteroatoms. The van der Waals surface area contributed by atoms with E-state index in [-0.39, 0.29) is 5.54 Å². The van der Waals surface area contributed by atoms with Gasteiger partial charge in [0.05, 0.1) is 0 Å². The number of hydrogen-bond donors (Lipinski definition) is 1. The number of fused-ring (bicyclic) bond motifs is 1. The summed E-state index contributed by atoms with van der Waals surface area (Å²) in [4.78, 5) is 2.38.